The standard InChI is InChI=1S/C22H24N6O3/c1-14-16(21(29)24-12-15-6-3-4-8-19(15)31-2)13-23-20(26-14)18-7-5-11-28(18)22(30)17-9-10-25-27-17/h3-4,6,8-10,13,18H,5,7,11-12H2,1-2H3,(H,24,29)(H,25,27). The van der Waals surface area contributed by atoms with Crippen LogP contribution in [0.4, 0.5) is 0 Å². The van der Waals surface area contributed by atoms with E-state index in [1.807, 2.05) is 24.3 Å². The Kier molecular flexibility index (Phi) is 5.92. The van der Waals surface area contributed by atoms with E-state index in [0.717, 1.165) is 24.2 Å². The van der Waals surface area contributed by atoms with Crippen molar-refractivity contribution in [1.29, 1.82) is 0 Å². The monoisotopic (exact) mass is 420 g/mol. The van der Waals surface area contributed by atoms with Crippen molar-refractivity contribution in [2.75, 3.05) is 13.7 Å². The molecule has 0 spiro atoms. The number of carbonyl (C=O) groups is 2. The highest BCUT2D eigenvalue weighted by atomic mass is 16.5. The van der Waals surface area contributed by atoms with Crippen molar-refractivity contribution >= 4 is 11.8 Å². The Bertz CT molecular complexity index is 1080. The lowest BCUT2D eigenvalue weighted by molar-refractivity contribution is 0.0723. The number of aryl methyl sites for hydroxylation is 1. The SMILES string of the molecule is COc1ccccc1CNC(=O)c1cnc(C2CCCN2C(=O)c2ccn[nH]2)nc1C. The van der Waals surface area contributed by atoms with Gasteiger partial charge in [-0.25, -0.2) is 9.97 Å². The Labute approximate surface area is 179 Å². The van der Waals surface area contributed by atoms with Gasteiger partial charge in [-0.05, 0) is 31.9 Å². The van der Waals surface area contributed by atoms with Crippen LogP contribution in [0.1, 0.15) is 56.8 Å². The minimum absolute atomic E-state index is 0.125. The zero-order valence-corrected chi connectivity index (χ0v) is 17.5. The average molecular weight is 420 g/mol. The van der Waals surface area contributed by atoms with Gasteiger partial charge in [0.2, 0.25) is 0 Å². The van der Waals surface area contributed by atoms with Gasteiger partial charge in [0.25, 0.3) is 11.8 Å². The van der Waals surface area contributed by atoms with Crippen molar-refractivity contribution in [3.8, 4) is 5.75 Å². The summed E-state index contributed by atoms with van der Waals surface area (Å²) in [6, 6.07) is 8.95. The molecule has 0 saturated carbocycles. The molecule has 1 saturated heterocycles. The van der Waals surface area contributed by atoms with Crippen molar-refractivity contribution in [1.82, 2.24) is 30.4 Å². The summed E-state index contributed by atoms with van der Waals surface area (Å²) in [5.74, 6) is 0.880. The molecule has 2 amide bonds. The minimum Gasteiger partial charge on any atom is -0.496 e. The first kappa shape index (κ1) is 20.5. The van der Waals surface area contributed by atoms with Crippen LogP contribution in [-0.4, -0.2) is 50.5 Å². The number of ether oxygens (including phenoxy) is 1. The lowest BCUT2D eigenvalue weighted by atomic mass is 10.1. The molecule has 0 radical (unpaired) electrons. The number of hydrogen-bond donors (Lipinski definition) is 2. The maximum absolute atomic E-state index is 12.7. The summed E-state index contributed by atoms with van der Waals surface area (Å²) < 4.78 is 5.32. The molecule has 2 aromatic heterocycles. The molecule has 3 aromatic rings. The van der Waals surface area contributed by atoms with Gasteiger partial charge in [0.05, 0.1) is 24.4 Å². The number of nitrogens with zero attached hydrogens (tertiary/aromatic N) is 4. The first-order valence-corrected chi connectivity index (χ1v) is 10.1. The van der Waals surface area contributed by atoms with E-state index < -0.39 is 0 Å². The molecule has 9 heteroatoms. The number of likely N-dealkylation sites (tertiary alicyclic amines) is 1. The van der Waals surface area contributed by atoms with Crippen molar-refractivity contribution in [3.63, 3.8) is 0 Å². The quantitative estimate of drug-likeness (QED) is 0.633. The smallest absolute Gasteiger partial charge is 0.272 e. The van der Waals surface area contributed by atoms with Gasteiger partial charge < -0.3 is 15.0 Å². The molecule has 3 heterocycles. The predicted molar refractivity (Wildman–Crippen MR) is 113 cm³/mol. The fourth-order valence-electron chi connectivity index (χ4n) is 3.80. The third-order valence-electron chi connectivity index (χ3n) is 5.42. The van der Waals surface area contributed by atoms with Crippen LogP contribution in [0, 0.1) is 6.92 Å². The number of hydrogen-bond acceptors (Lipinski definition) is 6. The second-order valence-electron chi connectivity index (χ2n) is 7.35. The van der Waals surface area contributed by atoms with Crippen LogP contribution in [0.15, 0.2) is 42.7 Å². The van der Waals surface area contributed by atoms with Crippen LogP contribution in [-0.2, 0) is 6.54 Å². The largest absolute Gasteiger partial charge is 0.496 e. The highest BCUT2D eigenvalue weighted by Crippen LogP contribution is 2.31. The fraction of sp³-hybridized carbons (Fsp3) is 0.318. The number of amides is 2. The lowest BCUT2D eigenvalue weighted by Gasteiger charge is -2.23. The van der Waals surface area contributed by atoms with Gasteiger partial charge in [0.15, 0.2) is 5.82 Å². The number of rotatable bonds is 6. The molecule has 0 bridgehead atoms. The van der Waals surface area contributed by atoms with E-state index in [-0.39, 0.29) is 17.9 Å². The first-order chi connectivity index (χ1) is 15.1. The molecular formula is C22H24N6O3. The first-order valence-electron chi connectivity index (χ1n) is 10.1. The van der Waals surface area contributed by atoms with Crippen LogP contribution in [0.3, 0.4) is 0 Å². The minimum atomic E-state index is -0.258. The number of nitrogens with one attached hydrogen (secondary N) is 2. The summed E-state index contributed by atoms with van der Waals surface area (Å²) in [5, 5.41) is 9.46. The summed E-state index contributed by atoms with van der Waals surface area (Å²) >= 11 is 0. The van der Waals surface area contributed by atoms with Crippen LogP contribution in [0.25, 0.3) is 0 Å². The van der Waals surface area contributed by atoms with Crippen LogP contribution in [0.2, 0.25) is 0 Å². The zero-order chi connectivity index (χ0) is 21.8. The molecule has 1 atom stereocenters. The van der Waals surface area contributed by atoms with E-state index in [1.165, 1.54) is 6.20 Å². The lowest BCUT2D eigenvalue weighted by Crippen LogP contribution is -2.32. The number of H-pyrrole nitrogens is 1. The van der Waals surface area contributed by atoms with E-state index >= 15 is 0 Å². The molecule has 1 unspecified atom stereocenters. The van der Waals surface area contributed by atoms with Crippen LogP contribution < -0.4 is 10.1 Å². The Hall–Kier alpha value is -3.75. The van der Waals surface area contributed by atoms with E-state index in [9.17, 15) is 9.59 Å². The number of aromatic nitrogens is 4. The van der Waals surface area contributed by atoms with E-state index in [0.29, 0.717) is 35.9 Å². The van der Waals surface area contributed by atoms with Crippen LogP contribution >= 0.6 is 0 Å². The van der Waals surface area contributed by atoms with Crippen LogP contribution in [0.5, 0.6) is 5.75 Å². The van der Waals surface area contributed by atoms with Crippen molar-refractivity contribution in [3.05, 3.63) is 71.1 Å². The molecule has 1 aromatic carbocycles. The average Bonchev–Trinajstić information content (AvgIpc) is 3.49. The van der Waals surface area contributed by atoms with Gasteiger partial charge in [0, 0.05) is 31.0 Å². The number of benzene rings is 1. The van der Waals surface area contributed by atoms with Crippen molar-refractivity contribution in [2.24, 2.45) is 0 Å². The van der Waals surface area contributed by atoms with E-state index in [1.54, 1.807) is 31.2 Å². The number of para-hydroxylation sites is 1. The van der Waals surface area contributed by atoms with E-state index in [4.69, 9.17) is 4.74 Å². The topological polar surface area (TPSA) is 113 Å². The van der Waals surface area contributed by atoms with E-state index in [2.05, 4.69) is 25.5 Å². The Morgan fingerprint density at radius 1 is 1.29 bits per heavy atom. The Balaban J connectivity index is 1.47. The molecule has 0 aliphatic carbocycles. The van der Waals surface area contributed by atoms with Gasteiger partial charge >= 0.3 is 0 Å². The zero-order valence-electron chi connectivity index (χ0n) is 17.5. The number of carbonyl (C=O) groups excluding carboxylic acids is 2. The third kappa shape index (κ3) is 4.25. The highest BCUT2D eigenvalue weighted by Gasteiger charge is 2.33. The number of aromatic amines is 1. The Morgan fingerprint density at radius 2 is 2.13 bits per heavy atom. The Morgan fingerprint density at radius 3 is 2.87 bits per heavy atom. The fourth-order valence-corrected chi connectivity index (χ4v) is 3.80. The maximum atomic E-state index is 12.7. The second-order valence-corrected chi connectivity index (χ2v) is 7.35. The van der Waals surface area contributed by atoms with Gasteiger partial charge in [-0.3, -0.25) is 14.7 Å². The molecule has 31 heavy (non-hydrogen) atoms. The molecule has 2 N–H and O–H groups in total. The molecular weight excluding hydrogens is 396 g/mol. The summed E-state index contributed by atoms with van der Waals surface area (Å²) in [6.07, 6.45) is 4.73. The molecule has 1 aliphatic heterocycles. The summed E-state index contributed by atoms with van der Waals surface area (Å²) in [6.45, 7) is 2.74. The predicted octanol–water partition coefficient (Wildman–Crippen LogP) is 2.42. The molecule has 4 rings (SSSR count). The molecule has 1 aliphatic rings. The number of methoxy groups -OCH3 is 1. The summed E-state index contributed by atoms with van der Waals surface area (Å²) in [7, 11) is 1.60. The molecule has 9 nitrogen and oxygen atoms in total. The van der Waals surface area contributed by atoms with Gasteiger partial charge in [-0.1, -0.05) is 18.2 Å². The van der Waals surface area contributed by atoms with Crippen molar-refractivity contribution in [2.45, 2.75) is 32.4 Å². The normalized spacial score (nSPS) is 15.7. The van der Waals surface area contributed by atoms with Gasteiger partial charge in [-0.2, -0.15) is 5.10 Å². The summed E-state index contributed by atoms with van der Waals surface area (Å²) in [4.78, 5) is 36.2. The summed E-state index contributed by atoms with van der Waals surface area (Å²) in [5.41, 5.74) is 2.30. The maximum Gasteiger partial charge on any atom is 0.272 e. The second kappa shape index (κ2) is 8.95. The molecule has 160 valence electrons. The third-order valence-corrected chi connectivity index (χ3v) is 5.42. The molecule has 1 fully saturated rings. The van der Waals surface area contributed by atoms with Gasteiger partial charge in [0.1, 0.15) is 11.4 Å². The highest BCUT2D eigenvalue weighted by molar-refractivity contribution is 5.95. The van der Waals surface area contributed by atoms with Gasteiger partial charge in [-0.15, -0.1) is 0 Å². The van der Waals surface area contributed by atoms with Crippen molar-refractivity contribution < 1.29 is 14.3 Å².